The van der Waals surface area contributed by atoms with Gasteiger partial charge in [0.25, 0.3) is 5.56 Å². The Hall–Kier alpha value is -3.84. The molecule has 3 aromatic carbocycles. The first-order valence-electron chi connectivity index (χ1n) is 12.2. The monoisotopic (exact) mass is 499 g/mol. The molecule has 4 aromatic rings. The lowest BCUT2D eigenvalue weighted by Gasteiger charge is -2.27. The van der Waals surface area contributed by atoms with E-state index in [4.69, 9.17) is 21.7 Å². The Morgan fingerprint density at radius 3 is 2.50 bits per heavy atom. The molecule has 0 saturated heterocycles. The predicted octanol–water partition coefficient (Wildman–Crippen LogP) is 5.57. The highest BCUT2D eigenvalue weighted by atomic mass is 32.1. The molecule has 0 atom stereocenters. The van der Waals surface area contributed by atoms with Crippen molar-refractivity contribution >= 4 is 33.9 Å². The first-order chi connectivity index (χ1) is 17.5. The number of hydrogen-bond donors (Lipinski definition) is 2. The molecule has 2 heterocycles. The molecule has 6 nitrogen and oxygen atoms in total. The summed E-state index contributed by atoms with van der Waals surface area (Å²) in [6.45, 7) is 5.48. The third-order valence-corrected chi connectivity index (χ3v) is 6.98. The van der Waals surface area contributed by atoms with E-state index in [1.54, 1.807) is 0 Å². The van der Waals surface area contributed by atoms with E-state index in [9.17, 15) is 4.79 Å². The normalized spacial score (nSPS) is 12.1. The molecule has 1 aliphatic rings. The topological polar surface area (TPSA) is 66.6 Å². The summed E-state index contributed by atoms with van der Waals surface area (Å²) in [4.78, 5) is 18.1. The van der Waals surface area contributed by atoms with E-state index in [0.717, 1.165) is 29.4 Å². The average molecular weight is 500 g/mol. The highest BCUT2D eigenvalue weighted by molar-refractivity contribution is 7.80. The van der Waals surface area contributed by atoms with Gasteiger partial charge in [0.05, 0.1) is 12.1 Å². The van der Waals surface area contributed by atoms with E-state index in [2.05, 4.69) is 53.3 Å². The number of aromatic amines is 1. The number of rotatable bonds is 7. The van der Waals surface area contributed by atoms with Crippen LogP contribution in [0.3, 0.4) is 0 Å². The second-order valence-corrected chi connectivity index (χ2v) is 9.34. The van der Waals surface area contributed by atoms with Gasteiger partial charge >= 0.3 is 0 Å². The molecule has 0 saturated carbocycles. The fraction of sp³-hybridized carbons (Fsp3) is 0.241. The maximum absolute atomic E-state index is 13.1. The molecule has 1 aromatic heterocycles. The average Bonchev–Trinajstić information content (AvgIpc) is 3.34. The Labute approximate surface area is 215 Å². The van der Waals surface area contributed by atoms with Crippen molar-refractivity contribution in [3.8, 4) is 11.5 Å². The first kappa shape index (κ1) is 23.9. The van der Waals surface area contributed by atoms with Gasteiger partial charge in [-0.2, -0.15) is 0 Å². The third kappa shape index (κ3) is 5.06. The van der Waals surface area contributed by atoms with Crippen LogP contribution in [0.15, 0.2) is 71.5 Å². The van der Waals surface area contributed by atoms with Crippen LogP contribution in [-0.4, -0.2) is 28.3 Å². The minimum atomic E-state index is -0.140. The maximum Gasteiger partial charge on any atom is 0.253 e. The van der Waals surface area contributed by atoms with Crippen LogP contribution in [0.5, 0.6) is 11.5 Å². The summed E-state index contributed by atoms with van der Waals surface area (Å²) in [5.74, 6) is 1.33. The van der Waals surface area contributed by atoms with Gasteiger partial charge in [-0.3, -0.25) is 4.79 Å². The number of fused-ring (bicyclic) bond motifs is 2. The highest BCUT2D eigenvalue weighted by Crippen LogP contribution is 2.35. The quantitative estimate of drug-likeness (QED) is 0.324. The number of anilines is 1. The number of aryl methyl sites for hydroxylation is 2. The number of aromatic nitrogens is 1. The van der Waals surface area contributed by atoms with Crippen LogP contribution in [0.25, 0.3) is 10.9 Å². The lowest BCUT2D eigenvalue weighted by Crippen LogP contribution is -2.37. The molecule has 7 heteroatoms. The summed E-state index contributed by atoms with van der Waals surface area (Å²) in [6, 6.07) is 22.2. The molecule has 2 N–H and O–H groups in total. The Morgan fingerprint density at radius 2 is 1.72 bits per heavy atom. The van der Waals surface area contributed by atoms with Crippen molar-refractivity contribution in [2.45, 2.75) is 33.2 Å². The number of para-hydroxylation sites is 1. The number of benzene rings is 3. The van der Waals surface area contributed by atoms with E-state index >= 15 is 0 Å². The van der Waals surface area contributed by atoms with Crippen LogP contribution in [0.1, 0.15) is 29.2 Å². The van der Waals surface area contributed by atoms with Gasteiger partial charge < -0.3 is 24.7 Å². The van der Waals surface area contributed by atoms with E-state index in [1.165, 1.54) is 16.7 Å². The van der Waals surface area contributed by atoms with Crippen molar-refractivity contribution in [2.24, 2.45) is 0 Å². The molecule has 5 rings (SSSR count). The van der Waals surface area contributed by atoms with E-state index < -0.39 is 0 Å². The summed E-state index contributed by atoms with van der Waals surface area (Å²) < 4.78 is 11.0. The Balaban J connectivity index is 1.44. The van der Waals surface area contributed by atoms with Crippen LogP contribution in [0, 0.1) is 6.92 Å². The molecule has 0 bridgehead atoms. The van der Waals surface area contributed by atoms with E-state index in [0.29, 0.717) is 35.3 Å². The number of nitrogens with zero attached hydrogens (tertiary/aromatic N) is 1. The summed E-state index contributed by atoms with van der Waals surface area (Å²) in [6.07, 6.45) is 1.71. The van der Waals surface area contributed by atoms with E-state index in [1.807, 2.05) is 42.5 Å². The van der Waals surface area contributed by atoms with Crippen LogP contribution in [-0.2, 0) is 19.4 Å². The number of hydrogen-bond acceptors (Lipinski definition) is 4. The molecule has 0 radical (unpaired) electrons. The first-order valence-corrected chi connectivity index (χ1v) is 12.6. The zero-order valence-electron chi connectivity index (χ0n) is 20.5. The zero-order chi connectivity index (χ0) is 25.1. The lowest BCUT2D eigenvalue weighted by atomic mass is 10.1. The van der Waals surface area contributed by atoms with Crippen LogP contribution in [0.2, 0.25) is 0 Å². The molecular formula is C29H29N3O3S. The molecule has 0 amide bonds. The largest absolute Gasteiger partial charge is 0.454 e. The van der Waals surface area contributed by atoms with Gasteiger partial charge in [-0.1, -0.05) is 49.4 Å². The Morgan fingerprint density at radius 1 is 1.00 bits per heavy atom. The van der Waals surface area contributed by atoms with Crippen molar-refractivity contribution in [2.75, 3.05) is 18.7 Å². The van der Waals surface area contributed by atoms with Crippen molar-refractivity contribution < 1.29 is 9.47 Å². The third-order valence-electron chi connectivity index (χ3n) is 6.61. The smallest absolute Gasteiger partial charge is 0.253 e. The molecule has 0 unspecified atom stereocenters. The van der Waals surface area contributed by atoms with Crippen molar-refractivity contribution in [1.82, 2.24) is 9.88 Å². The number of thiocarbonyl (C=S) groups is 1. The van der Waals surface area contributed by atoms with E-state index in [-0.39, 0.29) is 12.4 Å². The van der Waals surface area contributed by atoms with Gasteiger partial charge in [0, 0.05) is 29.2 Å². The standard InChI is InChI=1S/C29H29N3O3S/c1-3-20-9-6-7-11-24(20)31-29(36)32(13-12-21-10-5-4-8-19(21)2)17-23-14-22-15-26-27(35-18-34-26)16-25(22)30-28(23)33/h4-11,14-16H,3,12-13,17-18H2,1-2H3,(H,30,33)(H,31,36). The molecule has 0 spiro atoms. The van der Waals surface area contributed by atoms with Gasteiger partial charge in [-0.25, -0.2) is 0 Å². The second kappa shape index (κ2) is 10.4. The number of nitrogens with one attached hydrogen (secondary N) is 2. The Bertz CT molecular complexity index is 1480. The second-order valence-electron chi connectivity index (χ2n) is 8.96. The fourth-order valence-corrected chi connectivity index (χ4v) is 4.77. The molecular weight excluding hydrogens is 470 g/mol. The van der Waals surface area contributed by atoms with Crippen molar-refractivity contribution in [3.63, 3.8) is 0 Å². The van der Waals surface area contributed by atoms with Gasteiger partial charge in [-0.05, 0) is 66.9 Å². The minimum absolute atomic E-state index is 0.140. The maximum atomic E-state index is 13.1. The van der Waals surface area contributed by atoms with Crippen LogP contribution < -0.4 is 20.3 Å². The van der Waals surface area contributed by atoms with Gasteiger partial charge in [0.1, 0.15) is 0 Å². The predicted molar refractivity (Wildman–Crippen MR) is 148 cm³/mol. The number of H-pyrrole nitrogens is 1. The van der Waals surface area contributed by atoms with Gasteiger partial charge in [0.2, 0.25) is 6.79 Å². The van der Waals surface area contributed by atoms with Gasteiger partial charge in [0.15, 0.2) is 16.6 Å². The summed E-state index contributed by atoms with van der Waals surface area (Å²) >= 11 is 5.88. The van der Waals surface area contributed by atoms with Gasteiger partial charge in [-0.15, -0.1) is 0 Å². The van der Waals surface area contributed by atoms with Crippen molar-refractivity contribution in [3.05, 3.63) is 99.3 Å². The SMILES string of the molecule is CCc1ccccc1NC(=S)N(CCc1ccccc1C)Cc1cc2cc3c(cc2[nH]c1=O)OCO3. The molecule has 0 fully saturated rings. The molecule has 184 valence electrons. The molecule has 1 aliphatic heterocycles. The van der Waals surface area contributed by atoms with Crippen LogP contribution in [0.4, 0.5) is 5.69 Å². The lowest BCUT2D eigenvalue weighted by molar-refractivity contribution is 0.174. The van der Waals surface area contributed by atoms with Crippen LogP contribution >= 0.6 is 12.2 Å². The minimum Gasteiger partial charge on any atom is -0.454 e. The zero-order valence-corrected chi connectivity index (χ0v) is 21.3. The number of pyridine rings is 1. The fourth-order valence-electron chi connectivity index (χ4n) is 4.51. The Kier molecular flexibility index (Phi) is 6.91. The van der Waals surface area contributed by atoms with Crippen molar-refractivity contribution in [1.29, 1.82) is 0 Å². The highest BCUT2D eigenvalue weighted by Gasteiger charge is 2.18. The summed E-state index contributed by atoms with van der Waals surface area (Å²) in [7, 11) is 0. The molecule has 0 aliphatic carbocycles. The molecule has 36 heavy (non-hydrogen) atoms. The summed E-state index contributed by atoms with van der Waals surface area (Å²) in [5, 5.41) is 4.92. The summed E-state index contributed by atoms with van der Waals surface area (Å²) in [5.41, 5.74) is 5.91. The number of ether oxygens (including phenoxy) is 2.